The third-order valence-corrected chi connectivity index (χ3v) is 5.99. The standard InChI is InChI=1S/C22H30N4O/c27-21(22(10-11-22)19-26-16-5-12-23-26)25-15-6-14-24(17-18-25)13-4-9-20-7-2-1-3-8-20/h1-3,5,7-8,12,16H,4,6,9-11,13-15,17-19H2. The molecule has 1 amide bonds. The van der Waals surface area contributed by atoms with Crippen molar-refractivity contribution in [3.05, 3.63) is 54.4 Å². The molecule has 2 aromatic rings. The van der Waals surface area contributed by atoms with E-state index in [-0.39, 0.29) is 5.41 Å². The summed E-state index contributed by atoms with van der Waals surface area (Å²) in [5.41, 5.74) is 1.23. The minimum atomic E-state index is -0.186. The Morgan fingerprint density at radius 3 is 2.63 bits per heavy atom. The molecule has 144 valence electrons. The van der Waals surface area contributed by atoms with Crippen molar-refractivity contribution in [2.24, 2.45) is 5.41 Å². The molecule has 4 rings (SSSR count). The molecule has 2 heterocycles. The van der Waals surface area contributed by atoms with Gasteiger partial charge >= 0.3 is 0 Å². The number of aromatic nitrogens is 2. The second-order valence-electron chi connectivity index (χ2n) is 8.06. The van der Waals surface area contributed by atoms with Crippen LogP contribution in [0.2, 0.25) is 0 Å². The highest BCUT2D eigenvalue weighted by molar-refractivity contribution is 5.85. The van der Waals surface area contributed by atoms with E-state index in [0.29, 0.717) is 5.91 Å². The Morgan fingerprint density at radius 2 is 1.89 bits per heavy atom. The summed E-state index contributed by atoms with van der Waals surface area (Å²) in [6.45, 7) is 5.72. The van der Waals surface area contributed by atoms with Crippen LogP contribution >= 0.6 is 0 Å². The molecule has 0 bridgehead atoms. The maximum Gasteiger partial charge on any atom is 0.230 e. The molecule has 2 aliphatic rings. The first kappa shape index (κ1) is 18.2. The van der Waals surface area contributed by atoms with Gasteiger partial charge in [-0.15, -0.1) is 0 Å². The van der Waals surface area contributed by atoms with Gasteiger partial charge in [0, 0.05) is 32.0 Å². The smallest absolute Gasteiger partial charge is 0.230 e. The van der Waals surface area contributed by atoms with Gasteiger partial charge in [0.1, 0.15) is 0 Å². The number of hydrogen-bond acceptors (Lipinski definition) is 3. The predicted molar refractivity (Wildman–Crippen MR) is 106 cm³/mol. The molecule has 2 fully saturated rings. The van der Waals surface area contributed by atoms with Gasteiger partial charge in [0.2, 0.25) is 5.91 Å². The maximum absolute atomic E-state index is 13.1. The van der Waals surface area contributed by atoms with Gasteiger partial charge < -0.3 is 9.80 Å². The highest BCUT2D eigenvalue weighted by atomic mass is 16.2. The summed E-state index contributed by atoms with van der Waals surface area (Å²) in [5.74, 6) is 0.351. The third-order valence-electron chi connectivity index (χ3n) is 5.99. The number of carbonyl (C=O) groups is 1. The van der Waals surface area contributed by atoms with Crippen molar-refractivity contribution >= 4 is 5.91 Å². The molecule has 1 aliphatic heterocycles. The van der Waals surface area contributed by atoms with Crippen molar-refractivity contribution in [3.63, 3.8) is 0 Å². The summed E-state index contributed by atoms with van der Waals surface area (Å²) in [6.07, 6.45) is 9.15. The molecular formula is C22H30N4O. The Hall–Kier alpha value is -2.14. The summed E-state index contributed by atoms with van der Waals surface area (Å²) in [4.78, 5) is 17.8. The highest BCUT2D eigenvalue weighted by Crippen LogP contribution is 2.48. The van der Waals surface area contributed by atoms with E-state index in [1.165, 1.54) is 12.0 Å². The van der Waals surface area contributed by atoms with E-state index in [0.717, 1.165) is 65.0 Å². The lowest BCUT2D eigenvalue weighted by Crippen LogP contribution is -2.41. The van der Waals surface area contributed by atoms with E-state index in [9.17, 15) is 4.79 Å². The van der Waals surface area contributed by atoms with Crippen LogP contribution in [0.4, 0.5) is 0 Å². The number of nitrogens with zero attached hydrogens (tertiary/aromatic N) is 4. The van der Waals surface area contributed by atoms with Crippen LogP contribution in [-0.4, -0.2) is 58.2 Å². The summed E-state index contributed by atoms with van der Waals surface area (Å²) >= 11 is 0. The monoisotopic (exact) mass is 366 g/mol. The van der Waals surface area contributed by atoms with Gasteiger partial charge in [0.05, 0.1) is 12.0 Å². The van der Waals surface area contributed by atoms with Crippen molar-refractivity contribution in [2.75, 3.05) is 32.7 Å². The zero-order chi connectivity index (χ0) is 18.5. The van der Waals surface area contributed by atoms with E-state index >= 15 is 0 Å². The Labute approximate surface area is 162 Å². The summed E-state index contributed by atoms with van der Waals surface area (Å²) in [6, 6.07) is 12.6. The van der Waals surface area contributed by atoms with Crippen molar-refractivity contribution < 1.29 is 4.79 Å². The number of carbonyl (C=O) groups excluding carboxylic acids is 1. The quantitative estimate of drug-likeness (QED) is 0.757. The van der Waals surface area contributed by atoms with Crippen LogP contribution in [-0.2, 0) is 17.8 Å². The van der Waals surface area contributed by atoms with Crippen LogP contribution in [0.3, 0.4) is 0 Å². The van der Waals surface area contributed by atoms with Crippen LogP contribution in [0.1, 0.15) is 31.2 Å². The van der Waals surface area contributed by atoms with Gasteiger partial charge in [-0.2, -0.15) is 5.10 Å². The van der Waals surface area contributed by atoms with Crippen LogP contribution in [0.5, 0.6) is 0 Å². The SMILES string of the molecule is O=C(N1CCCN(CCCc2ccccc2)CC1)C1(Cn2cccn2)CC1. The van der Waals surface area contributed by atoms with Crippen molar-refractivity contribution in [1.82, 2.24) is 19.6 Å². The lowest BCUT2D eigenvalue weighted by molar-refractivity contribution is -0.137. The van der Waals surface area contributed by atoms with Gasteiger partial charge in [-0.3, -0.25) is 9.48 Å². The number of rotatable bonds is 7. The molecule has 1 aliphatic carbocycles. The Balaban J connectivity index is 1.25. The molecule has 5 nitrogen and oxygen atoms in total. The number of benzene rings is 1. The largest absolute Gasteiger partial charge is 0.341 e. The lowest BCUT2D eigenvalue weighted by atomic mass is 10.1. The van der Waals surface area contributed by atoms with E-state index < -0.39 is 0 Å². The molecule has 1 aromatic carbocycles. The van der Waals surface area contributed by atoms with Crippen LogP contribution in [0, 0.1) is 5.41 Å². The molecule has 0 atom stereocenters. The normalized spacial score (nSPS) is 19.6. The zero-order valence-electron chi connectivity index (χ0n) is 16.1. The summed E-state index contributed by atoms with van der Waals surface area (Å²) < 4.78 is 1.92. The van der Waals surface area contributed by atoms with E-state index in [4.69, 9.17) is 0 Å². The summed E-state index contributed by atoms with van der Waals surface area (Å²) in [5, 5.41) is 4.30. The number of amides is 1. The Bertz CT molecular complexity index is 724. The molecule has 0 N–H and O–H groups in total. The average Bonchev–Trinajstić information content (AvgIpc) is 3.36. The fourth-order valence-electron chi connectivity index (χ4n) is 4.18. The molecule has 1 aromatic heterocycles. The molecule has 0 unspecified atom stereocenters. The topological polar surface area (TPSA) is 41.4 Å². The molecule has 5 heteroatoms. The minimum absolute atomic E-state index is 0.186. The molecule has 1 saturated carbocycles. The van der Waals surface area contributed by atoms with Crippen LogP contribution in [0.25, 0.3) is 0 Å². The second kappa shape index (κ2) is 8.26. The number of hydrogen-bond donors (Lipinski definition) is 0. The fraction of sp³-hybridized carbons (Fsp3) is 0.545. The van der Waals surface area contributed by atoms with Crippen molar-refractivity contribution in [1.29, 1.82) is 0 Å². The molecule has 1 saturated heterocycles. The predicted octanol–water partition coefficient (Wildman–Crippen LogP) is 2.83. The fourth-order valence-corrected chi connectivity index (χ4v) is 4.18. The van der Waals surface area contributed by atoms with Crippen LogP contribution in [0.15, 0.2) is 48.8 Å². The van der Waals surface area contributed by atoms with Gasteiger partial charge in [0.15, 0.2) is 0 Å². The van der Waals surface area contributed by atoms with Gasteiger partial charge in [-0.1, -0.05) is 30.3 Å². The van der Waals surface area contributed by atoms with E-state index in [1.807, 2.05) is 16.9 Å². The minimum Gasteiger partial charge on any atom is -0.341 e. The maximum atomic E-state index is 13.1. The molecule has 0 radical (unpaired) electrons. The first-order chi connectivity index (χ1) is 13.3. The highest BCUT2D eigenvalue weighted by Gasteiger charge is 2.52. The average molecular weight is 367 g/mol. The first-order valence-electron chi connectivity index (χ1n) is 10.3. The van der Waals surface area contributed by atoms with Gasteiger partial charge in [-0.05, 0) is 56.8 Å². The Morgan fingerprint density at radius 1 is 1.04 bits per heavy atom. The summed E-state index contributed by atoms with van der Waals surface area (Å²) in [7, 11) is 0. The van der Waals surface area contributed by atoms with E-state index in [2.05, 4.69) is 45.2 Å². The lowest BCUT2D eigenvalue weighted by Gasteiger charge is -2.26. The molecule has 0 spiro atoms. The Kier molecular flexibility index (Phi) is 5.58. The second-order valence-corrected chi connectivity index (χ2v) is 8.06. The van der Waals surface area contributed by atoms with Crippen molar-refractivity contribution in [2.45, 2.75) is 38.6 Å². The van der Waals surface area contributed by atoms with Crippen molar-refractivity contribution in [3.8, 4) is 0 Å². The first-order valence-corrected chi connectivity index (χ1v) is 10.3. The van der Waals surface area contributed by atoms with E-state index in [1.54, 1.807) is 6.20 Å². The van der Waals surface area contributed by atoms with Gasteiger partial charge in [0.25, 0.3) is 0 Å². The number of aryl methyl sites for hydroxylation is 1. The van der Waals surface area contributed by atoms with Crippen LogP contribution < -0.4 is 0 Å². The third kappa shape index (κ3) is 4.59. The molecule has 27 heavy (non-hydrogen) atoms. The molecular weight excluding hydrogens is 336 g/mol. The zero-order valence-corrected chi connectivity index (χ0v) is 16.1. The van der Waals surface area contributed by atoms with Gasteiger partial charge in [-0.25, -0.2) is 0 Å².